The fourth-order valence-corrected chi connectivity index (χ4v) is 4.85. The maximum atomic E-state index is 13.7. The minimum atomic E-state index is -4.24. The molecule has 34 heavy (non-hydrogen) atoms. The predicted octanol–water partition coefficient (Wildman–Crippen LogP) is 3.80. The summed E-state index contributed by atoms with van der Waals surface area (Å²) in [6.45, 7) is 0. The van der Waals surface area contributed by atoms with Crippen molar-refractivity contribution in [3.05, 3.63) is 48.5 Å². The van der Waals surface area contributed by atoms with Gasteiger partial charge in [0.2, 0.25) is 0 Å². The summed E-state index contributed by atoms with van der Waals surface area (Å²) in [7, 11) is 1.64. The molecule has 1 aromatic heterocycles. The Morgan fingerprint density at radius 3 is 1.97 bits per heavy atom. The van der Waals surface area contributed by atoms with Gasteiger partial charge in [0.05, 0.1) is 45.5 Å². The SMILES string of the molecule is COc1cccc(Nc2ccc3nonc3c2S(=O)(=O)Nc2cccc(OC)c2OC)c1OC. The molecule has 4 aromatic rings. The zero-order chi connectivity index (χ0) is 24.3. The molecule has 11 nitrogen and oxygen atoms in total. The van der Waals surface area contributed by atoms with E-state index in [0.717, 1.165) is 0 Å². The van der Waals surface area contributed by atoms with Gasteiger partial charge in [-0.05, 0) is 46.7 Å². The summed E-state index contributed by atoms with van der Waals surface area (Å²) in [5.41, 5.74) is 1.18. The summed E-state index contributed by atoms with van der Waals surface area (Å²) in [5, 5.41) is 10.7. The van der Waals surface area contributed by atoms with Crippen LogP contribution in [-0.2, 0) is 10.0 Å². The van der Waals surface area contributed by atoms with Crippen LogP contribution in [0.1, 0.15) is 0 Å². The second kappa shape index (κ2) is 9.35. The van der Waals surface area contributed by atoms with Crippen molar-refractivity contribution in [2.45, 2.75) is 4.90 Å². The Balaban J connectivity index is 1.85. The highest BCUT2D eigenvalue weighted by Crippen LogP contribution is 2.41. The molecule has 3 aromatic carbocycles. The first-order chi connectivity index (χ1) is 16.4. The van der Waals surface area contributed by atoms with Crippen molar-refractivity contribution >= 4 is 38.1 Å². The average molecular weight is 487 g/mol. The van der Waals surface area contributed by atoms with Crippen LogP contribution in [0.15, 0.2) is 58.1 Å². The maximum Gasteiger partial charge on any atom is 0.266 e. The third-order valence-electron chi connectivity index (χ3n) is 4.97. The van der Waals surface area contributed by atoms with Gasteiger partial charge >= 0.3 is 0 Å². The van der Waals surface area contributed by atoms with Crippen LogP contribution in [0.25, 0.3) is 11.0 Å². The molecule has 0 spiro atoms. The Morgan fingerprint density at radius 1 is 0.735 bits per heavy atom. The van der Waals surface area contributed by atoms with E-state index in [0.29, 0.717) is 22.9 Å². The van der Waals surface area contributed by atoms with Crippen molar-refractivity contribution in [2.75, 3.05) is 38.5 Å². The van der Waals surface area contributed by atoms with Gasteiger partial charge in [0, 0.05) is 0 Å². The Hall–Kier alpha value is -4.19. The molecular weight excluding hydrogens is 464 g/mol. The number of nitrogens with one attached hydrogen (secondary N) is 2. The Kier molecular flexibility index (Phi) is 6.32. The summed E-state index contributed by atoms with van der Waals surface area (Å²) < 4.78 is 56.1. The predicted molar refractivity (Wildman–Crippen MR) is 125 cm³/mol. The van der Waals surface area contributed by atoms with Crippen LogP contribution in [0, 0.1) is 0 Å². The lowest BCUT2D eigenvalue weighted by Crippen LogP contribution is -2.16. The van der Waals surface area contributed by atoms with Gasteiger partial charge < -0.3 is 24.3 Å². The maximum absolute atomic E-state index is 13.7. The van der Waals surface area contributed by atoms with E-state index in [4.69, 9.17) is 23.6 Å². The van der Waals surface area contributed by atoms with Crippen molar-refractivity contribution in [1.82, 2.24) is 10.3 Å². The molecule has 0 aliphatic heterocycles. The smallest absolute Gasteiger partial charge is 0.266 e. The topological polar surface area (TPSA) is 134 Å². The molecule has 0 saturated heterocycles. The first-order valence-corrected chi connectivity index (χ1v) is 11.4. The van der Waals surface area contributed by atoms with Gasteiger partial charge in [-0.2, -0.15) is 0 Å². The number of hydrogen-bond acceptors (Lipinski definition) is 10. The molecule has 2 N–H and O–H groups in total. The van der Waals surface area contributed by atoms with Crippen LogP contribution >= 0.6 is 0 Å². The number of sulfonamides is 1. The van der Waals surface area contributed by atoms with Gasteiger partial charge in [0.25, 0.3) is 10.0 Å². The van der Waals surface area contributed by atoms with Crippen LogP contribution < -0.4 is 29.0 Å². The molecule has 0 aliphatic rings. The number of anilines is 3. The summed E-state index contributed by atoms with van der Waals surface area (Å²) in [5.74, 6) is 1.46. The van der Waals surface area contributed by atoms with Crippen molar-refractivity contribution in [2.24, 2.45) is 0 Å². The second-order valence-electron chi connectivity index (χ2n) is 6.89. The lowest BCUT2D eigenvalue weighted by Gasteiger charge is -2.18. The van der Waals surface area contributed by atoms with Crippen molar-refractivity contribution < 1.29 is 32.0 Å². The summed E-state index contributed by atoms with van der Waals surface area (Å²) in [6, 6.07) is 13.2. The number of hydrogen-bond donors (Lipinski definition) is 2. The zero-order valence-corrected chi connectivity index (χ0v) is 19.6. The number of rotatable bonds is 9. The van der Waals surface area contributed by atoms with E-state index in [2.05, 4.69) is 20.4 Å². The standard InChI is InChI=1S/C22H22N4O7S/c1-29-17-9-5-7-14(20(17)31-3)23-16-12-11-13-19(25-33-24-13)22(16)34(27,28)26-15-8-6-10-18(30-2)21(15)32-4/h5-12,23,26H,1-4H3. The normalized spacial score (nSPS) is 11.2. The van der Waals surface area contributed by atoms with Crippen LogP contribution in [-0.4, -0.2) is 47.2 Å². The lowest BCUT2D eigenvalue weighted by molar-refractivity contribution is 0.315. The number of aromatic nitrogens is 2. The molecule has 0 unspecified atom stereocenters. The summed E-state index contributed by atoms with van der Waals surface area (Å²) in [4.78, 5) is -0.180. The van der Waals surface area contributed by atoms with E-state index in [1.165, 1.54) is 28.4 Å². The Morgan fingerprint density at radius 2 is 1.35 bits per heavy atom. The number of fused-ring (bicyclic) bond motifs is 1. The summed E-state index contributed by atoms with van der Waals surface area (Å²) >= 11 is 0. The average Bonchev–Trinajstić information content (AvgIpc) is 3.31. The van der Waals surface area contributed by atoms with E-state index < -0.39 is 10.0 Å². The van der Waals surface area contributed by atoms with E-state index in [-0.39, 0.29) is 33.1 Å². The first-order valence-electron chi connectivity index (χ1n) is 9.90. The van der Waals surface area contributed by atoms with Crippen molar-refractivity contribution in [1.29, 1.82) is 0 Å². The van der Waals surface area contributed by atoms with Crippen molar-refractivity contribution in [3.8, 4) is 23.0 Å². The number of ether oxygens (including phenoxy) is 4. The minimum Gasteiger partial charge on any atom is -0.493 e. The molecule has 0 bridgehead atoms. The van der Waals surface area contributed by atoms with Crippen LogP contribution in [0.4, 0.5) is 17.1 Å². The van der Waals surface area contributed by atoms with Gasteiger partial charge in [-0.1, -0.05) is 12.1 Å². The molecule has 0 saturated carbocycles. The highest BCUT2D eigenvalue weighted by molar-refractivity contribution is 7.93. The number of para-hydroxylation sites is 2. The van der Waals surface area contributed by atoms with Gasteiger partial charge in [0.15, 0.2) is 28.5 Å². The Bertz CT molecular complexity index is 1440. The molecule has 0 atom stereocenters. The molecular formula is C22H22N4O7S. The molecule has 1 heterocycles. The molecule has 0 amide bonds. The molecule has 178 valence electrons. The highest BCUT2D eigenvalue weighted by atomic mass is 32.2. The quantitative estimate of drug-likeness (QED) is 0.360. The van der Waals surface area contributed by atoms with Crippen molar-refractivity contribution in [3.63, 3.8) is 0 Å². The first kappa shape index (κ1) is 23.0. The van der Waals surface area contributed by atoms with E-state index >= 15 is 0 Å². The Labute approximate surface area is 195 Å². The zero-order valence-electron chi connectivity index (χ0n) is 18.8. The summed E-state index contributed by atoms with van der Waals surface area (Å²) in [6.07, 6.45) is 0. The molecule has 0 fully saturated rings. The third kappa shape index (κ3) is 4.10. The number of methoxy groups -OCH3 is 4. The van der Waals surface area contributed by atoms with Crippen LogP contribution in [0.2, 0.25) is 0 Å². The monoisotopic (exact) mass is 486 g/mol. The van der Waals surface area contributed by atoms with E-state index in [9.17, 15) is 8.42 Å². The third-order valence-corrected chi connectivity index (χ3v) is 6.41. The van der Waals surface area contributed by atoms with E-state index in [1.54, 1.807) is 48.5 Å². The fourth-order valence-electron chi connectivity index (χ4n) is 3.49. The van der Waals surface area contributed by atoms with Gasteiger partial charge in [0.1, 0.15) is 10.4 Å². The van der Waals surface area contributed by atoms with Crippen LogP contribution in [0.3, 0.4) is 0 Å². The molecule has 12 heteroatoms. The minimum absolute atomic E-state index is 0.0428. The highest BCUT2D eigenvalue weighted by Gasteiger charge is 2.27. The largest absolute Gasteiger partial charge is 0.493 e. The van der Waals surface area contributed by atoms with E-state index in [1.807, 2.05) is 0 Å². The fraction of sp³-hybridized carbons (Fsp3) is 0.182. The number of nitrogens with zero attached hydrogens (tertiary/aromatic N) is 2. The lowest BCUT2D eigenvalue weighted by atomic mass is 10.2. The van der Waals surface area contributed by atoms with Gasteiger partial charge in [-0.25, -0.2) is 13.0 Å². The molecule has 0 radical (unpaired) electrons. The number of benzene rings is 3. The van der Waals surface area contributed by atoms with Crippen LogP contribution in [0.5, 0.6) is 23.0 Å². The van der Waals surface area contributed by atoms with Gasteiger partial charge in [-0.3, -0.25) is 4.72 Å². The van der Waals surface area contributed by atoms with Gasteiger partial charge in [-0.15, -0.1) is 0 Å². The second-order valence-corrected chi connectivity index (χ2v) is 8.51. The molecule has 4 rings (SSSR count). The molecule has 0 aliphatic carbocycles.